The fraction of sp³-hybridized carbons (Fsp3) is 0.258. The van der Waals surface area contributed by atoms with Crippen LogP contribution in [0.1, 0.15) is 48.3 Å². The predicted molar refractivity (Wildman–Crippen MR) is 142 cm³/mol. The highest BCUT2D eigenvalue weighted by Crippen LogP contribution is 2.47. The molecule has 0 spiro atoms. The molecule has 0 saturated carbocycles. The van der Waals surface area contributed by atoms with Gasteiger partial charge in [-0.3, -0.25) is 14.6 Å². The minimum atomic E-state index is -0.671. The minimum Gasteiger partial charge on any atom is -0.465 e. The lowest BCUT2D eigenvalue weighted by atomic mass is 9.69. The van der Waals surface area contributed by atoms with Crippen LogP contribution >= 0.6 is 11.6 Å². The number of benzene rings is 3. The molecule has 0 aromatic heterocycles. The van der Waals surface area contributed by atoms with Crippen molar-refractivity contribution < 1.29 is 14.3 Å². The second-order valence-electron chi connectivity index (χ2n) is 9.47. The van der Waals surface area contributed by atoms with Crippen molar-refractivity contribution in [2.24, 2.45) is 10.9 Å². The molecule has 5 heteroatoms. The first-order chi connectivity index (χ1) is 17.5. The van der Waals surface area contributed by atoms with Crippen molar-refractivity contribution in [3.8, 4) is 0 Å². The Balaban J connectivity index is 1.46. The molecule has 182 valence electrons. The van der Waals surface area contributed by atoms with Crippen LogP contribution in [-0.2, 0) is 20.7 Å². The van der Waals surface area contributed by atoms with Gasteiger partial charge in [0, 0.05) is 40.8 Å². The zero-order valence-corrected chi connectivity index (χ0v) is 20.9. The number of hydrogen-bond donors (Lipinski definition) is 0. The molecule has 0 radical (unpaired) electrons. The smallest absolute Gasteiger partial charge is 0.315 e. The van der Waals surface area contributed by atoms with Gasteiger partial charge in [-0.25, -0.2) is 0 Å². The summed E-state index contributed by atoms with van der Waals surface area (Å²) in [6, 6.07) is 27.4. The molecular weight excluding hydrogens is 470 g/mol. The molecule has 1 aliphatic heterocycles. The molecule has 2 aliphatic rings. The number of esters is 1. The van der Waals surface area contributed by atoms with E-state index in [-0.39, 0.29) is 24.3 Å². The molecule has 1 aliphatic carbocycles. The van der Waals surface area contributed by atoms with Crippen LogP contribution in [-0.4, -0.2) is 24.1 Å². The standard InChI is InChI=1S/C31H28ClNO3/c1-20-28(31(35)36-16-15-21-9-4-2-5-10-21)29(23-13-8-14-25(32)17-23)30-26(33-20)18-24(19-27(30)34)22-11-6-3-7-12-22/h2-14,17,24,28-29H,15-16,18-19H2,1H3/t24-,28?,29-/m0/s1. The minimum absolute atomic E-state index is 0.0356. The van der Waals surface area contributed by atoms with Crippen molar-refractivity contribution in [3.05, 3.63) is 118 Å². The van der Waals surface area contributed by atoms with E-state index in [9.17, 15) is 9.59 Å². The largest absolute Gasteiger partial charge is 0.465 e. The number of allylic oxidation sites excluding steroid dienone is 2. The van der Waals surface area contributed by atoms with Gasteiger partial charge in [0.2, 0.25) is 0 Å². The molecular formula is C31H28ClNO3. The van der Waals surface area contributed by atoms with Crippen LogP contribution in [0.5, 0.6) is 0 Å². The number of ether oxygens (including phenoxy) is 1. The number of nitrogens with zero attached hydrogens (tertiary/aromatic N) is 1. The Hall–Kier alpha value is -3.50. The highest BCUT2D eigenvalue weighted by molar-refractivity contribution is 6.30. The van der Waals surface area contributed by atoms with E-state index in [4.69, 9.17) is 21.3 Å². The molecule has 0 amide bonds. The lowest BCUT2D eigenvalue weighted by molar-refractivity contribution is -0.146. The van der Waals surface area contributed by atoms with E-state index in [1.54, 1.807) is 6.07 Å². The van der Waals surface area contributed by atoms with Crippen LogP contribution in [0.2, 0.25) is 5.02 Å². The number of halogens is 1. The fourth-order valence-electron chi connectivity index (χ4n) is 5.39. The number of carbonyl (C=O) groups excluding carboxylic acids is 2. The highest BCUT2D eigenvalue weighted by atomic mass is 35.5. The van der Waals surface area contributed by atoms with Gasteiger partial charge in [-0.1, -0.05) is 84.4 Å². The summed E-state index contributed by atoms with van der Waals surface area (Å²) in [5.74, 6) is -1.39. The number of rotatable bonds is 6. The molecule has 0 bridgehead atoms. The van der Waals surface area contributed by atoms with Crippen LogP contribution in [0.4, 0.5) is 0 Å². The Morgan fingerprint density at radius 1 is 0.944 bits per heavy atom. The highest BCUT2D eigenvalue weighted by Gasteiger charge is 2.44. The Morgan fingerprint density at radius 3 is 2.36 bits per heavy atom. The maximum Gasteiger partial charge on any atom is 0.315 e. The molecule has 0 saturated heterocycles. The Bertz CT molecular complexity index is 1330. The molecule has 1 unspecified atom stereocenters. The SMILES string of the molecule is CC1=NC2=C(C(=O)C[C@@H](c3ccccc3)C2)[C@@H](c2cccc(Cl)c2)C1C(=O)OCCc1ccccc1. The fourth-order valence-corrected chi connectivity index (χ4v) is 5.59. The first-order valence-corrected chi connectivity index (χ1v) is 12.7. The van der Waals surface area contributed by atoms with Crippen molar-refractivity contribution in [1.29, 1.82) is 0 Å². The second kappa shape index (κ2) is 10.6. The number of hydrogen-bond acceptors (Lipinski definition) is 4. The van der Waals surface area contributed by atoms with Gasteiger partial charge in [0.25, 0.3) is 0 Å². The van der Waals surface area contributed by atoms with Crippen LogP contribution in [0.3, 0.4) is 0 Å². The van der Waals surface area contributed by atoms with Gasteiger partial charge in [-0.05, 0) is 48.1 Å². The Kier molecular flexibility index (Phi) is 7.15. The second-order valence-corrected chi connectivity index (χ2v) is 9.90. The summed E-state index contributed by atoms with van der Waals surface area (Å²) >= 11 is 6.35. The molecule has 4 nitrogen and oxygen atoms in total. The van der Waals surface area contributed by atoms with E-state index >= 15 is 0 Å². The quantitative estimate of drug-likeness (QED) is 0.356. The van der Waals surface area contributed by atoms with Gasteiger partial charge >= 0.3 is 5.97 Å². The summed E-state index contributed by atoms with van der Waals surface area (Å²) in [5.41, 5.74) is 5.14. The third-order valence-electron chi connectivity index (χ3n) is 7.10. The van der Waals surface area contributed by atoms with E-state index in [0.29, 0.717) is 35.6 Å². The van der Waals surface area contributed by atoms with Crippen molar-refractivity contribution >= 4 is 29.1 Å². The summed E-state index contributed by atoms with van der Waals surface area (Å²) in [6.45, 7) is 2.13. The lowest BCUT2D eigenvalue weighted by Crippen LogP contribution is -2.38. The normalized spacial score (nSPS) is 21.6. The molecule has 3 aromatic rings. The number of carbonyl (C=O) groups is 2. The lowest BCUT2D eigenvalue weighted by Gasteiger charge is -2.36. The third kappa shape index (κ3) is 5.05. The average molecular weight is 498 g/mol. The zero-order chi connectivity index (χ0) is 25.1. The molecule has 0 N–H and O–H groups in total. The summed E-state index contributed by atoms with van der Waals surface area (Å²) in [7, 11) is 0. The van der Waals surface area contributed by atoms with E-state index in [2.05, 4.69) is 12.1 Å². The zero-order valence-electron chi connectivity index (χ0n) is 20.2. The maximum absolute atomic E-state index is 13.6. The van der Waals surface area contributed by atoms with Crippen LogP contribution in [0, 0.1) is 5.92 Å². The van der Waals surface area contributed by atoms with Gasteiger partial charge < -0.3 is 4.74 Å². The van der Waals surface area contributed by atoms with Crippen LogP contribution < -0.4 is 0 Å². The topological polar surface area (TPSA) is 55.7 Å². The number of ketones is 1. The third-order valence-corrected chi connectivity index (χ3v) is 7.33. The van der Waals surface area contributed by atoms with Crippen molar-refractivity contribution in [2.45, 2.75) is 38.0 Å². The van der Waals surface area contributed by atoms with Gasteiger partial charge in [0.05, 0.1) is 6.61 Å². The van der Waals surface area contributed by atoms with Crippen LogP contribution in [0.15, 0.2) is 101 Å². The molecule has 1 heterocycles. The molecule has 5 rings (SSSR count). The first-order valence-electron chi connectivity index (χ1n) is 12.3. The monoisotopic (exact) mass is 497 g/mol. The van der Waals surface area contributed by atoms with Gasteiger partial charge in [-0.2, -0.15) is 0 Å². The van der Waals surface area contributed by atoms with E-state index < -0.39 is 11.8 Å². The summed E-state index contributed by atoms with van der Waals surface area (Å²) < 4.78 is 5.76. The molecule has 36 heavy (non-hydrogen) atoms. The number of Topliss-reactive ketones (excluding diaryl/α,β-unsaturated/α-hetero) is 1. The van der Waals surface area contributed by atoms with Crippen LogP contribution in [0.25, 0.3) is 0 Å². The predicted octanol–water partition coefficient (Wildman–Crippen LogP) is 6.70. The molecule has 3 atom stereocenters. The van der Waals surface area contributed by atoms with Gasteiger partial charge in [0.15, 0.2) is 5.78 Å². The van der Waals surface area contributed by atoms with Crippen molar-refractivity contribution in [1.82, 2.24) is 0 Å². The molecule has 3 aromatic carbocycles. The Morgan fingerprint density at radius 2 is 1.64 bits per heavy atom. The van der Waals surface area contributed by atoms with E-state index in [1.807, 2.05) is 73.7 Å². The van der Waals surface area contributed by atoms with Crippen molar-refractivity contribution in [3.63, 3.8) is 0 Å². The Labute approximate surface area is 216 Å². The van der Waals surface area contributed by atoms with E-state index in [0.717, 1.165) is 22.4 Å². The van der Waals surface area contributed by atoms with Gasteiger partial charge in [-0.15, -0.1) is 0 Å². The van der Waals surface area contributed by atoms with E-state index in [1.165, 1.54) is 0 Å². The van der Waals surface area contributed by atoms with Crippen molar-refractivity contribution in [2.75, 3.05) is 6.61 Å². The average Bonchev–Trinajstić information content (AvgIpc) is 2.89. The summed E-state index contributed by atoms with van der Waals surface area (Å²) in [5, 5.41) is 0.566. The van der Waals surface area contributed by atoms with Gasteiger partial charge in [0.1, 0.15) is 5.92 Å². The molecule has 0 fully saturated rings. The first kappa shape index (κ1) is 24.2. The summed E-state index contributed by atoms with van der Waals surface area (Å²) in [4.78, 5) is 31.9. The maximum atomic E-state index is 13.6. The number of aliphatic imine (C=N–C) groups is 1. The summed E-state index contributed by atoms with van der Waals surface area (Å²) in [6.07, 6.45) is 1.68.